The summed E-state index contributed by atoms with van der Waals surface area (Å²) >= 11 is 0. The van der Waals surface area contributed by atoms with E-state index < -0.39 is 11.6 Å². The van der Waals surface area contributed by atoms with Crippen LogP contribution in [0.4, 0.5) is 8.78 Å². The summed E-state index contributed by atoms with van der Waals surface area (Å²) in [5.74, 6) is -1.13. The smallest absolute Gasteiger partial charge is 0.126 e. The lowest BCUT2D eigenvalue weighted by Gasteiger charge is -2.19. The average molecular weight is 241 g/mol. The Hall–Kier alpha value is -0.960. The van der Waals surface area contributed by atoms with Gasteiger partial charge in [0.05, 0.1) is 0 Å². The highest BCUT2D eigenvalue weighted by molar-refractivity contribution is 5.20. The molecular weight excluding hydrogens is 220 g/mol. The van der Waals surface area contributed by atoms with Gasteiger partial charge in [0, 0.05) is 12.1 Å². The van der Waals surface area contributed by atoms with Crippen LogP contribution in [-0.4, -0.2) is 0 Å². The van der Waals surface area contributed by atoms with E-state index in [4.69, 9.17) is 5.73 Å². The zero-order valence-corrected chi connectivity index (χ0v) is 10.8. The molecule has 1 aromatic rings. The van der Waals surface area contributed by atoms with E-state index in [0.717, 1.165) is 25.3 Å². The lowest BCUT2D eigenvalue weighted by Crippen LogP contribution is -2.12. The summed E-state index contributed by atoms with van der Waals surface area (Å²) in [6.07, 6.45) is 2.77. The molecule has 1 rings (SSSR count). The summed E-state index contributed by atoms with van der Waals surface area (Å²) in [6, 6.07) is 3.20. The number of hydrogen-bond acceptors (Lipinski definition) is 1. The first kappa shape index (κ1) is 14.1. The summed E-state index contributed by atoms with van der Waals surface area (Å²) in [5, 5.41) is 0. The van der Waals surface area contributed by atoms with Crippen LogP contribution < -0.4 is 5.73 Å². The van der Waals surface area contributed by atoms with Crippen molar-refractivity contribution in [1.82, 2.24) is 0 Å². The van der Waals surface area contributed by atoms with Gasteiger partial charge in [-0.25, -0.2) is 8.78 Å². The standard InChI is InChI=1S/C14H21F2N/c1-14(2,3)6-4-5-13(17)10-7-11(15)9-12(16)8-10/h7-9,13H,4-6,17H2,1-3H3. The fraction of sp³-hybridized carbons (Fsp3) is 0.571. The molecule has 3 heteroatoms. The minimum absolute atomic E-state index is 0.271. The third-order valence-corrected chi connectivity index (χ3v) is 2.75. The molecule has 0 radical (unpaired) electrons. The molecule has 0 aliphatic carbocycles. The molecule has 0 heterocycles. The molecular formula is C14H21F2N. The average Bonchev–Trinajstić information content (AvgIpc) is 2.13. The molecule has 0 aromatic heterocycles. The predicted octanol–water partition coefficient (Wildman–Crippen LogP) is 4.18. The Morgan fingerprint density at radius 2 is 1.65 bits per heavy atom. The van der Waals surface area contributed by atoms with Gasteiger partial charge in [0.25, 0.3) is 0 Å². The normalized spacial score (nSPS) is 13.8. The minimum atomic E-state index is -0.564. The Bertz CT molecular complexity index is 349. The Morgan fingerprint density at radius 3 is 2.12 bits per heavy atom. The van der Waals surface area contributed by atoms with Crippen molar-refractivity contribution in [2.24, 2.45) is 11.1 Å². The van der Waals surface area contributed by atoms with Crippen molar-refractivity contribution in [2.75, 3.05) is 0 Å². The van der Waals surface area contributed by atoms with Gasteiger partial charge in [-0.1, -0.05) is 27.2 Å². The van der Waals surface area contributed by atoms with Crippen LogP contribution >= 0.6 is 0 Å². The Labute approximate surface area is 102 Å². The van der Waals surface area contributed by atoms with E-state index in [9.17, 15) is 8.78 Å². The fourth-order valence-corrected chi connectivity index (χ4v) is 1.81. The molecule has 0 spiro atoms. The summed E-state index contributed by atoms with van der Waals surface area (Å²) in [4.78, 5) is 0. The van der Waals surface area contributed by atoms with Gasteiger partial charge in [0.15, 0.2) is 0 Å². The fourth-order valence-electron chi connectivity index (χ4n) is 1.81. The second kappa shape index (κ2) is 5.58. The number of hydrogen-bond donors (Lipinski definition) is 1. The largest absolute Gasteiger partial charge is 0.324 e. The van der Waals surface area contributed by atoms with E-state index in [2.05, 4.69) is 20.8 Å². The second-order valence-electron chi connectivity index (χ2n) is 5.76. The molecule has 0 bridgehead atoms. The molecule has 2 N–H and O–H groups in total. The maximum absolute atomic E-state index is 13.0. The van der Waals surface area contributed by atoms with E-state index in [-0.39, 0.29) is 11.5 Å². The van der Waals surface area contributed by atoms with E-state index in [1.54, 1.807) is 0 Å². The van der Waals surface area contributed by atoms with Crippen molar-refractivity contribution in [1.29, 1.82) is 0 Å². The molecule has 0 saturated heterocycles. The molecule has 0 aliphatic heterocycles. The van der Waals surface area contributed by atoms with Gasteiger partial charge >= 0.3 is 0 Å². The van der Waals surface area contributed by atoms with Gasteiger partial charge < -0.3 is 5.73 Å². The van der Waals surface area contributed by atoms with Gasteiger partial charge in [0.2, 0.25) is 0 Å². The topological polar surface area (TPSA) is 26.0 Å². The summed E-state index contributed by atoms with van der Waals surface area (Å²) in [5.41, 5.74) is 6.74. The lowest BCUT2D eigenvalue weighted by atomic mass is 9.88. The molecule has 17 heavy (non-hydrogen) atoms. The summed E-state index contributed by atoms with van der Waals surface area (Å²) in [6.45, 7) is 6.50. The molecule has 0 aliphatic rings. The Morgan fingerprint density at radius 1 is 1.12 bits per heavy atom. The van der Waals surface area contributed by atoms with Gasteiger partial charge in [-0.05, 0) is 36.0 Å². The molecule has 1 aromatic carbocycles. The van der Waals surface area contributed by atoms with Gasteiger partial charge in [-0.2, -0.15) is 0 Å². The second-order valence-corrected chi connectivity index (χ2v) is 5.76. The van der Waals surface area contributed by atoms with Gasteiger partial charge in [0.1, 0.15) is 11.6 Å². The van der Waals surface area contributed by atoms with Crippen LogP contribution in [0.25, 0.3) is 0 Å². The number of rotatable bonds is 4. The quantitative estimate of drug-likeness (QED) is 0.840. The zero-order chi connectivity index (χ0) is 13.1. The van der Waals surface area contributed by atoms with Crippen molar-refractivity contribution in [3.8, 4) is 0 Å². The monoisotopic (exact) mass is 241 g/mol. The zero-order valence-electron chi connectivity index (χ0n) is 10.8. The first-order valence-electron chi connectivity index (χ1n) is 5.99. The molecule has 0 saturated carbocycles. The van der Waals surface area contributed by atoms with Crippen molar-refractivity contribution >= 4 is 0 Å². The van der Waals surface area contributed by atoms with E-state index in [0.29, 0.717) is 5.56 Å². The third kappa shape index (κ3) is 5.26. The van der Waals surface area contributed by atoms with Crippen LogP contribution in [0.5, 0.6) is 0 Å². The van der Waals surface area contributed by atoms with Crippen LogP contribution in [-0.2, 0) is 0 Å². The molecule has 96 valence electrons. The maximum Gasteiger partial charge on any atom is 0.126 e. The van der Waals surface area contributed by atoms with E-state index in [1.807, 2.05) is 0 Å². The van der Waals surface area contributed by atoms with Crippen LogP contribution in [0.2, 0.25) is 0 Å². The Balaban J connectivity index is 2.55. The first-order valence-corrected chi connectivity index (χ1v) is 5.99. The third-order valence-electron chi connectivity index (χ3n) is 2.75. The highest BCUT2D eigenvalue weighted by atomic mass is 19.1. The van der Waals surface area contributed by atoms with Crippen molar-refractivity contribution in [3.05, 3.63) is 35.4 Å². The maximum atomic E-state index is 13.0. The van der Waals surface area contributed by atoms with E-state index >= 15 is 0 Å². The van der Waals surface area contributed by atoms with Crippen LogP contribution in [0, 0.1) is 17.0 Å². The van der Waals surface area contributed by atoms with Gasteiger partial charge in [-0.15, -0.1) is 0 Å². The minimum Gasteiger partial charge on any atom is -0.324 e. The van der Waals surface area contributed by atoms with Crippen molar-refractivity contribution < 1.29 is 8.78 Å². The van der Waals surface area contributed by atoms with Crippen LogP contribution in [0.1, 0.15) is 51.6 Å². The Kier molecular flexibility index (Phi) is 4.63. The predicted molar refractivity (Wildman–Crippen MR) is 66.6 cm³/mol. The molecule has 1 unspecified atom stereocenters. The van der Waals surface area contributed by atoms with Gasteiger partial charge in [-0.3, -0.25) is 0 Å². The number of nitrogens with two attached hydrogens (primary N) is 1. The molecule has 0 amide bonds. The van der Waals surface area contributed by atoms with Crippen molar-refractivity contribution in [3.63, 3.8) is 0 Å². The highest BCUT2D eigenvalue weighted by Crippen LogP contribution is 2.25. The van der Waals surface area contributed by atoms with Crippen molar-refractivity contribution in [2.45, 2.75) is 46.1 Å². The van der Waals surface area contributed by atoms with E-state index in [1.165, 1.54) is 12.1 Å². The molecule has 0 fully saturated rings. The first-order chi connectivity index (χ1) is 7.78. The molecule has 1 atom stereocenters. The van der Waals surface area contributed by atoms with Crippen LogP contribution in [0.3, 0.4) is 0 Å². The lowest BCUT2D eigenvalue weighted by molar-refractivity contribution is 0.353. The molecule has 1 nitrogen and oxygen atoms in total. The summed E-state index contributed by atoms with van der Waals surface area (Å²) in [7, 11) is 0. The van der Waals surface area contributed by atoms with Crippen LogP contribution in [0.15, 0.2) is 18.2 Å². The summed E-state index contributed by atoms with van der Waals surface area (Å²) < 4.78 is 26.0. The SMILES string of the molecule is CC(C)(C)CCCC(N)c1cc(F)cc(F)c1. The number of halogens is 2. The highest BCUT2D eigenvalue weighted by Gasteiger charge is 2.13. The number of benzene rings is 1.